The molecule has 0 N–H and O–H groups in total. The second-order valence-corrected chi connectivity index (χ2v) is 4.88. The van der Waals surface area contributed by atoms with Crippen molar-refractivity contribution in [3.05, 3.63) is 56.5 Å². The number of furan rings is 1. The summed E-state index contributed by atoms with van der Waals surface area (Å²) >= 11 is 8.08. The maximum Gasteiger partial charge on any atom is 0.170 e. The third kappa shape index (κ3) is 2.65. The summed E-state index contributed by atoms with van der Waals surface area (Å²) in [5, 5.41) is 0.603. The van der Waals surface area contributed by atoms with Crippen LogP contribution >= 0.6 is 34.2 Å². The molecule has 2 aromatic rings. The molecule has 0 spiro atoms. The number of hydrogen-bond donors (Lipinski definition) is 0. The Bertz CT molecular complexity index is 506. The molecule has 2 rings (SSSR count). The van der Waals surface area contributed by atoms with Gasteiger partial charge in [-0.2, -0.15) is 0 Å². The van der Waals surface area contributed by atoms with Crippen LogP contribution in [0.15, 0.2) is 41.0 Å². The second-order valence-electron chi connectivity index (χ2n) is 3.31. The average Bonchev–Trinajstić information content (AvgIpc) is 2.74. The lowest BCUT2D eigenvalue weighted by Crippen LogP contribution is -2.02. The van der Waals surface area contributed by atoms with Crippen molar-refractivity contribution in [1.82, 2.24) is 0 Å². The van der Waals surface area contributed by atoms with Crippen LogP contribution in [0.3, 0.4) is 0 Å². The molecule has 0 atom stereocenters. The second kappa shape index (κ2) is 5.01. The van der Waals surface area contributed by atoms with E-state index in [9.17, 15) is 4.79 Å². The van der Waals surface area contributed by atoms with E-state index >= 15 is 0 Å². The monoisotopic (exact) mass is 346 g/mol. The van der Waals surface area contributed by atoms with Gasteiger partial charge in [-0.25, -0.2) is 0 Å². The van der Waals surface area contributed by atoms with Gasteiger partial charge in [-0.15, -0.1) is 0 Å². The number of ketones is 1. The van der Waals surface area contributed by atoms with Gasteiger partial charge in [0, 0.05) is 9.13 Å². The van der Waals surface area contributed by atoms with Crippen LogP contribution in [-0.4, -0.2) is 5.78 Å². The number of hydrogen-bond acceptors (Lipinski definition) is 2. The summed E-state index contributed by atoms with van der Waals surface area (Å²) in [7, 11) is 0. The molecule has 82 valence electrons. The van der Waals surface area contributed by atoms with Crippen LogP contribution in [-0.2, 0) is 6.42 Å². The molecule has 0 fully saturated rings. The molecule has 4 heteroatoms. The summed E-state index contributed by atoms with van der Waals surface area (Å²) < 4.78 is 6.06. The van der Waals surface area contributed by atoms with Crippen LogP contribution < -0.4 is 0 Å². The molecule has 2 nitrogen and oxygen atoms in total. The topological polar surface area (TPSA) is 30.2 Å². The zero-order valence-corrected chi connectivity index (χ0v) is 11.2. The zero-order chi connectivity index (χ0) is 11.5. The van der Waals surface area contributed by atoms with Crippen molar-refractivity contribution in [3.8, 4) is 0 Å². The first kappa shape index (κ1) is 11.7. The number of rotatable bonds is 3. The largest absolute Gasteiger partial charge is 0.469 e. The number of Topliss-reactive ketones (excluding diaryl/α,β-unsaturated/α-hetero) is 1. The van der Waals surface area contributed by atoms with Crippen molar-refractivity contribution in [2.24, 2.45) is 0 Å². The van der Waals surface area contributed by atoms with Crippen LogP contribution in [0, 0.1) is 3.57 Å². The van der Waals surface area contributed by atoms with Gasteiger partial charge in [0.25, 0.3) is 0 Å². The summed E-state index contributed by atoms with van der Waals surface area (Å²) in [6.45, 7) is 0. The molecule has 1 aromatic carbocycles. The number of carbonyl (C=O) groups excluding carboxylic acids is 1. The molecule has 0 unspecified atom stereocenters. The standard InChI is InChI=1S/C12H8ClIO2/c13-10-6-8(3-4-11(10)14)12(15)7-9-2-1-5-16-9/h1-6H,7H2. The fraction of sp³-hybridized carbons (Fsp3) is 0.0833. The van der Waals surface area contributed by atoms with Gasteiger partial charge >= 0.3 is 0 Å². The minimum atomic E-state index is 0.00764. The van der Waals surface area contributed by atoms with E-state index in [-0.39, 0.29) is 12.2 Å². The van der Waals surface area contributed by atoms with Crippen LogP contribution in [0.25, 0.3) is 0 Å². The normalized spacial score (nSPS) is 10.4. The maximum atomic E-state index is 11.9. The van der Waals surface area contributed by atoms with Gasteiger partial charge in [0.1, 0.15) is 5.76 Å². The van der Waals surface area contributed by atoms with E-state index in [0.29, 0.717) is 16.3 Å². The Labute approximate surface area is 112 Å². The van der Waals surface area contributed by atoms with Gasteiger partial charge < -0.3 is 4.42 Å². The lowest BCUT2D eigenvalue weighted by atomic mass is 10.1. The molecule has 0 bridgehead atoms. The summed E-state index contributed by atoms with van der Waals surface area (Å²) in [5.41, 5.74) is 0.613. The highest BCUT2D eigenvalue weighted by Gasteiger charge is 2.10. The fourth-order valence-electron chi connectivity index (χ4n) is 1.34. The predicted octanol–water partition coefficient (Wildman–Crippen LogP) is 3.96. The SMILES string of the molecule is O=C(Cc1ccco1)c1ccc(I)c(Cl)c1. The lowest BCUT2D eigenvalue weighted by Gasteiger charge is -2.01. The van der Waals surface area contributed by atoms with Crippen molar-refractivity contribution in [2.75, 3.05) is 0 Å². The van der Waals surface area contributed by atoms with E-state index in [2.05, 4.69) is 22.6 Å². The Morgan fingerprint density at radius 2 is 2.19 bits per heavy atom. The van der Waals surface area contributed by atoms with Gasteiger partial charge in [0.15, 0.2) is 5.78 Å². The third-order valence-electron chi connectivity index (χ3n) is 2.16. The summed E-state index contributed by atoms with van der Waals surface area (Å²) in [5.74, 6) is 0.674. The van der Waals surface area contributed by atoms with Gasteiger partial charge in [-0.1, -0.05) is 17.7 Å². The predicted molar refractivity (Wildman–Crippen MR) is 70.9 cm³/mol. The molecule has 1 heterocycles. The molecule has 0 aliphatic rings. The Kier molecular flexibility index (Phi) is 3.66. The Hall–Kier alpha value is -0.810. The van der Waals surface area contributed by atoms with Gasteiger partial charge in [0.05, 0.1) is 17.7 Å². The molecule has 0 saturated carbocycles. The first-order valence-corrected chi connectivity index (χ1v) is 6.13. The van der Waals surface area contributed by atoms with E-state index in [1.807, 2.05) is 6.07 Å². The third-order valence-corrected chi connectivity index (χ3v) is 3.73. The minimum Gasteiger partial charge on any atom is -0.469 e. The van der Waals surface area contributed by atoms with Crippen LogP contribution in [0.4, 0.5) is 0 Å². The van der Waals surface area contributed by atoms with Gasteiger partial charge in [-0.05, 0) is 46.9 Å². The van der Waals surface area contributed by atoms with Crippen molar-refractivity contribution >= 4 is 40.0 Å². The van der Waals surface area contributed by atoms with E-state index in [4.69, 9.17) is 16.0 Å². The minimum absolute atomic E-state index is 0.00764. The van der Waals surface area contributed by atoms with Crippen molar-refractivity contribution in [3.63, 3.8) is 0 Å². The molecule has 0 radical (unpaired) electrons. The van der Waals surface area contributed by atoms with Crippen LogP contribution in [0.1, 0.15) is 16.1 Å². The summed E-state index contributed by atoms with van der Waals surface area (Å²) in [6.07, 6.45) is 1.83. The molecular formula is C12H8ClIO2. The molecule has 0 aliphatic carbocycles. The quantitative estimate of drug-likeness (QED) is 0.622. The average molecular weight is 347 g/mol. The molecule has 0 saturated heterocycles. The fourth-order valence-corrected chi connectivity index (χ4v) is 1.86. The smallest absolute Gasteiger partial charge is 0.170 e. The van der Waals surface area contributed by atoms with Crippen molar-refractivity contribution in [1.29, 1.82) is 0 Å². The highest BCUT2D eigenvalue weighted by atomic mass is 127. The van der Waals surface area contributed by atoms with E-state index in [1.54, 1.807) is 30.5 Å². The lowest BCUT2D eigenvalue weighted by molar-refractivity contribution is 0.0987. The molecule has 0 aliphatic heterocycles. The van der Waals surface area contributed by atoms with Crippen LogP contribution in [0.2, 0.25) is 5.02 Å². The van der Waals surface area contributed by atoms with E-state index in [0.717, 1.165) is 3.57 Å². The number of halogens is 2. The van der Waals surface area contributed by atoms with Gasteiger partial charge in [-0.3, -0.25) is 4.79 Å². The van der Waals surface area contributed by atoms with Crippen LogP contribution in [0.5, 0.6) is 0 Å². The summed E-state index contributed by atoms with van der Waals surface area (Å²) in [6, 6.07) is 8.85. The highest BCUT2D eigenvalue weighted by Crippen LogP contribution is 2.20. The number of benzene rings is 1. The molecule has 0 amide bonds. The maximum absolute atomic E-state index is 11.9. The highest BCUT2D eigenvalue weighted by molar-refractivity contribution is 14.1. The Balaban J connectivity index is 2.18. The van der Waals surface area contributed by atoms with Gasteiger partial charge in [0.2, 0.25) is 0 Å². The Morgan fingerprint density at radius 3 is 2.81 bits per heavy atom. The zero-order valence-electron chi connectivity index (χ0n) is 8.24. The van der Waals surface area contributed by atoms with E-state index in [1.165, 1.54) is 0 Å². The van der Waals surface area contributed by atoms with Crippen molar-refractivity contribution < 1.29 is 9.21 Å². The van der Waals surface area contributed by atoms with Crippen molar-refractivity contribution in [2.45, 2.75) is 6.42 Å². The molecular weight excluding hydrogens is 338 g/mol. The Morgan fingerprint density at radius 1 is 1.38 bits per heavy atom. The first-order valence-electron chi connectivity index (χ1n) is 4.67. The molecule has 16 heavy (non-hydrogen) atoms. The first-order chi connectivity index (χ1) is 7.66. The summed E-state index contributed by atoms with van der Waals surface area (Å²) in [4.78, 5) is 11.9. The van der Waals surface area contributed by atoms with E-state index < -0.39 is 0 Å². The number of carbonyl (C=O) groups is 1. The molecule has 1 aromatic heterocycles.